The van der Waals surface area contributed by atoms with E-state index in [1.165, 1.54) is 5.56 Å². The van der Waals surface area contributed by atoms with Crippen molar-refractivity contribution < 1.29 is 9.47 Å². The Morgan fingerprint density at radius 2 is 1.85 bits per heavy atom. The molecule has 0 saturated heterocycles. The molecular formula is C20H22BrN3O2. The summed E-state index contributed by atoms with van der Waals surface area (Å²) in [4.78, 5) is 8.69. The van der Waals surface area contributed by atoms with Gasteiger partial charge >= 0.3 is 0 Å². The molecule has 26 heavy (non-hydrogen) atoms. The van der Waals surface area contributed by atoms with Gasteiger partial charge in [0.25, 0.3) is 0 Å². The second kappa shape index (κ2) is 9.62. The van der Waals surface area contributed by atoms with E-state index in [0.717, 1.165) is 33.4 Å². The molecule has 0 saturated carbocycles. The number of hydrogen-bond donors (Lipinski definition) is 1. The number of ether oxygens (including phenoxy) is 2. The average molecular weight is 416 g/mol. The van der Waals surface area contributed by atoms with Crippen LogP contribution in [0.1, 0.15) is 18.1 Å². The maximum atomic E-state index is 5.64. The van der Waals surface area contributed by atoms with Crippen molar-refractivity contribution in [3.63, 3.8) is 0 Å². The molecule has 2 aromatic carbocycles. The van der Waals surface area contributed by atoms with Gasteiger partial charge in [0.1, 0.15) is 12.1 Å². The maximum Gasteiger partial charge on any atom is 0.137 e. The Bertz CT molecular complexity index is 857. The van der Waals surface area contributed by atoms with Crippen LogP contribution >= 0.6 is 15.9 Å². The fourth-order valence-corrected chi connectivity index (χ4v) is 3.00. The number of rotatable bonds is 9. The van der Waals surface area contributed by atoms with Gasteiger partial charge in [0.15, 0.2) is 0 Å². The summed E-state index contributed by atoms with van der Waals surface area (Å²) in [7, 11) is 0. The topological polar surface area (TPSA) is 56.3 Å². The lowest BCUT2D eigenvalue weighted by atomic mass is 10.1. The van der Waals surface area contributed by atoms with Crippen LogP contribution in [0, 0.1) is 0 Å². The van der Waals surface area contributed by atoms with Crippen LogP contribution < -0.4 is 5.32 Å². The Balaban J connectivity index is 1.61. The Morgan fingerprint density at radius 1 is 1.00 bits per heavy atom. The van der Waals surface area contributed by atoms with E-state index in [-0.39, 0.29) is 0 Å². The molecule has 6 heteroatoms. The van der Waals surface area contributed by atoms with Crippen LogP contribution in [0.2, 0.25) is 0 Å². The summed E-state index contributed by atoms with van der Waals surface area (Å²) in [6.07, 6.45) is 1.58. The predicted molar refractivity (Wildman–Crippen MR) is 107 cm³/mol. The van der Waals surface area contributed by atoms with Crippen LogP contribution in [0.5, 0.6) is 0 Å². The summed E-state index contributed by atoms with van der Waals surface area (Å²) in [5.74, 6) is 0.828. The Kier molecular flexibility index (Phi) is 6.94. The molecule has 0 spiro atoms. The highest BCUT2D eigenvalue weighted by atomic mass is 79.9. The molecule has 0 aliphatic carbocycles. The number of benzene rings is 2. The van der Waals surface area contributed by atoms with Crippen LogP contribution in [-0.4, -0.2) is 29.8 Å². The number of halogens is 1. The van der Waals surface area contributed by atoms with Gasteiger partial charge in [0, 0.05) is 23.0 Å². The van der Waals surface area contributed by atoms with Gasteiger partial charge in [-0.15, -0.1) is 0 Å². The molecular weight excluding hydrogens is 394 g/mol. The summed E-state index contributed by atoms with van der Waals surface area (Å²) in [6.45, 7) is 5.22. The maximum absolute atomic E-state index is 5.64. The first-order valence-electron chi connectivity index (χ1n) is 8.63. The first-order valence-corrected chi connectivity index (χ1v) is 9.43. The summed E-state index contributed by atoms with van der Waals surface area (Å²) < 4.78 is 11.9. The number of fused-ring (bicyclic) bond motifs is 1. The van der Waals surface area contributed by atoms with E-state index in [0.29, 0.717) is 26.4 Å². The quantitative estimate of drug-likeness (QED) is 0.519. The molecule has 3 aromatic rings. The SMILES string of the molecule is CCOCCOCc1cccc(CNc2ncnc3ccc(Br)cc23)c1. The van der Waals surface area contributed by atoms with Crippen molar-refractivity contribution in [3.05, 3.63) is 64.4 Å². The number of nitrogens with zero attached hydrogens (tertiary/aromatic N) is 2. The molecule has 5 nitrogen and oxygen atoms in total. The number of nitrogens with one attached hydrogen (secondary N) is 1. The molecule has 0 atom stereocenters. The minimum Gasteiger partial charge on any atom is -0.379 e. The van der Waals surface area contributed by atoms with Crippen LogP contribution in [0.4, 0.5) is 5.82 Å². The van der Waals surface area contributed by atoms with Gasteiger partial charge in [-0.3, -0.25) is 0 Å². The van der Waals surface area contributed by atoms with Crippen molar-refractivity contribution in [1.29, 1.82) is 0 Å². The highest BCUT2D eigenvalue weighted by Gasteiger charge is 2.05. The van der Waals surface area contributed by atoms with Crippen molar-refractivity contribution in [2.24, 2.45) is 0 Å². The zero-order valence-corrected chi connectivity index (χ0v) is 16.3. The first kappa shape index (κ1) is 18.8. The van der Waals surface area contributed by atoms with E-state index >= 15 is 0 Å². The fourth-order valence-electron chi connectivity index (χ4n) is 2.64. The van der Waals surface area contributed by atoms with E-state index in [1.54, 1.807) is 6.33 Å². The standard InChI is InChI=1S/C20H22BrN3O2/c1-2-25-8-9-26-13-16-5-3-4-15(10-16)12-22-20-18-11-17(21)6-7-19(18)23-14-24-20/h3-7,10-11,14H,2,8-9,12-13H2,1H3,(H,22,23,24). The molecule has 0 radical (unpaired) electrons. The second-order valence-electron chi connectivity index (χ2n) is 5.81. The monoisotopic (exact) mass is 415 g/mol. The van der Waals surface area contributed by atoms with Gasteiger partial charge in [-0.25, -0.2) is 9.97 Å². The minimum atomic E-state index is 0.588. The van der Waals surface area contributed by atoms with Gasteiger partial charge in [0.05, 0.1) is 25.3 Å². The lowest BCUT2D eigenvalue weighted by molar-refractivity contribution is 0.0453. The Morgan fingerprint density at radius 3 is 2.73 bits per heavy atom. The molecule has 0 fully saturated rings. The fraction of sp³-hybridized carbons (Fsp3) is 0.300. The summed E-state index contributed by atoms with van der Waals surface area (Å²) in [6, 6.07) is 14.3. The van der Waals surface area contributed by atoms with Gasteiger partial charge < -0.3 is 14.8 Å². The van der Waals surface area contributed by atoms with E-state index in [9.17, 15) is 0 Å². The summed E-state index contributed by atoms with van der Waals surface area (Å²) >= 11 is 3.51. The molecule has 0 amide bonds. The van der Waals surface area contributed by atoms with Crippen LogP contribution in [-0.2, 0) is 22.6 Å². The summed E-state index contributed by atoms with van der Waals surface area (Å²) in [5.41, 5.74) is 3.25. The minimum absolute atomic E-state index is 0.588. The van der Waals surface area contributed by atoms with Crippen molar-refractivity contribution in [2.75, 3.05) is 25.1 Å². The van der Waals surface area contributed by atoms with Gasteiger partial charge in [0.2, 0.25) is 0 Å². The molecule has 1 N–H and O–H groups in total. The molecule has 1 aromatic heterocycles. The second-order valence-corrected chi connectivity index (χ2v) is 6.72. The lowest BCUT2D eigenvalue weighted by Gasteiger charge is -2.10. The third-order valence-corrected chi connectivity index (χ3v) is 4.39. The zero-order valence-electron chi connectivity index (χ0n) is 14.7. The van der Waals surface area contributed by atoms with Crippen LogP contribution in [0.3, 0.4) is 0 Å². The van der Waals surface area contributed by atoms with Crippen LogP contribution in [0.15, 0.2) is 53.3 Å². The zero-order chi connectivity index (χ0) is 18.2. The molecule has 0 aliphatic heterocycles. The van der Waals surface area contributed by atoms with E-state index in [2.05, 4.69) is 49.4 Å². The first-order chi connectivity index (χ1) is 12.8. The molecule has 0 unspecified atom stereocenters. The Labute approximate surface area is 161 Å². The van der Waals surface area contributed by atoms with E-state index in [4.69, 9.17) is 9.47 Å². The van der Waals surface area contributed by atoms with E-state index < -0.39 is 0 Å². The summed E-state index contributed by atoms with van der Waals surface area (Å²) in [5, 5.41) is 4.41. The normalized spacial score (nSPS) is 11.0. The number of anilines is 1. The third kappa shape index (κ3) is 5.24. The lowest BCUT2D eigenvalue weighted by Crippen LogP contribution is -2.05. The average Bonchev–Trinajstić information content (AvgIpc) is 2.66. The third-order valence-electron chi connectivity index (χ3n) is 3.89. The molecule has 3 rings (SSSR count). The van der Waals surface area contributed by atoms with E-state index in [1.807, 2.05) is 31.2 Å². The molecule has 136 valence electrons. The highest BCUT2D eigenvalue weighted by molar-refractivity contribution is 9.10. The predicted octanol–water partition coefficient (Wildman–Crippen LogP) is 4.56. The number of aromatic nitrogens is 2. The van der Waals surface area contributed by atoms with Gasteiger partial charge in [-0.2, -0.15) is 0 Å². The molecule has 0 aliphatic rings. The molecule has 0 bridgehead atoms. The van der Waals surface area contributed by atoms with Crippen molar-refractivity contribution >= 4 is 32.7 Å². The highest BCUT2D eigenvalue weighted by Crippen LogP contribution is 2.23. The Hall–Kier alpha value is -2.02. The largest absolute Gasteiger partial charge is 0.379 e. The molecule has 1 heterocycles. The van der Waals surface area contributed by atoms with Crippen molar-refractivity contribution in [1.82, 2.24) is 9.97 Å². The smallest absolute Gasteiger partial charge is 0.137 e. The van der Waals surface area contributed by atoms with Crippen LogP contribution in [0.25, 0.3) is 10.9 Å². The van der Waals surface area contributed by atoms with Gasteiger partial charge in [-0.05, 0) is 36.2 Å². The number of hydrogen-bond acceptors (Lipinski definition) is 5. The van der Waals surface area contributed by atoms with Crippen molar-refractivity contribution in [3.8, 4) is 0 Å². The van der Waals surface area contributed by atoms with Gasteiger partial charge in [-0.1, -0.05) is 40.2 Å². The van der Waals surface area contributed by atoms with Crippen molar-refractivity contribution in [2.45, 2.75) is 20.1 Å².